The van der Waals surface area contributed by atoms with Gasteiger partial charge in [0.2, 0.25) is 0 Å². The summed E-state index contributed by atoms with van der Waals surface area (Å²) in [4.78, 5) is 0. The molecule has 1 rings (SSSR count). The highest BCUT2D eigenvalue weighted by atomic mass is 79.9. The molecule has 1 aromatic carbocycles. The number of hydrogen-bond acceptors (Lipinski definition) is 2. The minimum Gasteiger partial charge on any atom is -0.380 e. The maximum atomic E-state index is 5.46. The fraction of sp³-hybridized carbons (Fsp3) is 0.500. The first-order chi connectivity index (χ1) is 7.27. The Morgan fingerprint density at radius 2 is 1.93 bits per heavy atom. The Morgan fingerprint density at radius 3 is 2.47 bits per heavy atom. The average molecular weight is 272 g/mol. The van der Waals surface area contributed by atoms with Crippen LogP contribution in [0.3, 0.4) is 0 Å². The van der Waals surface area contributed by atoms with Crippen molar-refractivity contribution in [2.24, 2.45) is 0 Å². The van der Waals surface area contributed by atoms with E-state index in [2.05, 4.69) is 52.4 Å². The molecule has 0 aliphatic heterocycles. The van der Waals surface area contributed by atoms with Crippen molar-refractivity contribution in [1.29, 1.82) is 0 Å². The quantitative estimate of drug-likeness (QED) is 0.859. The van der Waals surface area contributed by atoms with Crippen molar-refractivity contribution in [1.82, 2.24) is 5.32 Å². The molecule has 0 saturated heterocycles. The van der Waals surface area contributed by atoms with Crippen molar-refractivity contribution in [2.75, 3.05) is 19.8 Å². The summed E-state index contributed by atoms with van der Waals surface area (Å²) in [5.74, 6) is 0. The van der Waals surface area contributed by atoms with E-state index < -0.39 is 0 Å². The molecule has 3 heteroatoms. The van der Waals surface area contributed by atoms with Crippen LogP contribution in [0.4, 0.5) is 0 Å². The lowest BCUT2D eigenvalue weighted by Crippen LogP contribution is -2.25. The first-order valence-electron chi connectivity index (χ1n) is 5.34. The molecular weight excluding hydrogens is 254 g/mol. The highest BCUT2D eigenvalue weighted by Gasteiger charge is 2.09. The number of nitrogens with one attached hydrogen (secondary N) is 1. The molecule has 0 bridgehead atoms. The summed E-state index contributed by atoms with van der Waals surface area (Å²) >= 11 is 3.43. The zero-order chi connectivity index (χ0) is 11.1. The van der Waals surface area contributed by atoms with Crippen LogP contribution in [0.2, 0.25) is 0 Å². The van der Waals surface area contributed by atoms with E-state index in [0.717, 1.165) is 24.2 Å². The van der Waals surface area contributed by atoms with Gasteiger partial charge in [0.05, 0.1) is 12.6 Å². The summed E-state index contributed by atoms with van der Waals surface area (Å²) in [5, 5.41) is 3.41. The highest BCUT2D eigenvalue weighted by Crippen LogP contribution is 2.17. The summed E-state index contributed by atoms with van der Waals surface area (Å²) in [7, 11) is 0. The van der Waals surface area contributed by atoms with Gasteiger partial charge in [-0.15, -0.1) is 0 Å². The van der Waals surface area contributed by atoms with Crippen molar-refractivity contribution in [2.45, 2.75) is 19.9 Å². The van der Waals surface area contributed by atoms with Gasteiger partial charge in [0.1, 0.15) is 0 Å². The number of ether oxygens (including phenoxy) is 1. The topological polar surface area (TPSA) is 21.3 Å². The molecule has 0 spiro atoms. The van der Waals surface area contributed by atoms with Crippen LogP contribution in [0.5, 0.6) is 0 Å². The third-order valence-corrected chi connectivity index (χ3v) is 2.74. The van der Waals surface area contributed by atoms with Gasteiger partial charge >= 0.3 is 0 Å². The van der Waals surface area contributed by atoms with E-state index >= 15 is 0 Å². The Bertz CT molecular complexity index is 273. The van der Waals surface area contributed by atoms with Gasteiger partial charge in [-0.1, -0.05) is 35.0 Å². The van der Waals surface area contributed by atoms with Gasteiger partial charge in [-0.05, 0) is 31.2 Å². The lowest BCUT2D eigenvalue weighted by molar-refractivity contribution is 0.123. The zero-order valence-corrected chi connectivity index (χ0v) is 10.9. The van der Waals surface area contributed by atoms with Gasteiger partial charge < -0.3 is 10.1 Å². The van der Waals surface area contributed by atoms with Gasteiger partial charge in [0.15, 0.2) is 0 Å². The lowest BCUT2D eigenvalue weighted by atomic mass is 10.1. The Morgan fingerprint density at radius 1 is 1.27 bits per heavy atom. The molecule has 1 N–H and O–H groups in total. The molecule has 0 aliphatic carbocycles. The van der Waals surface area contributed by atoms with Gasteiger partial charge in [-0.25, -0.2) is 0 Å². The predicted molar refractivity (Wildman–Crippen MR) is 67.1 cm³/mol. The zero-order valence-electron chi connectivity index (χ0n) is 9.29. The molecule has 2 nitrogen and oxygen atoms in total. The summed E-state index contributed by atoms with van der Waals surface area (Å²) in [5.41, 5.74) is 1.27. The summed E-state index contributed by atoms with van der Waals surface area (Å²) in [6.07, 6.45) is 0. The van der Waals surface area contributed by atoms with E-state index in [9.17, 15) is 0 Å². The molecule has 15 heavy (non-hydrogen) atoms. The standard InChI is InChI=1S/C12H18BrNO/c1-3-14-12(9-15-4-2)10-5-7-11(13)8-6-10/h5-8,12,14H,3-4,9H2,1-2H3. The Hall–Kier alpha value is -0.380. The molecule has 1 atom stereocenters. The average Bonchev–Trinajstić information content (AvgIpc) is 2.25. The molecule has 0 radical (unpaired) electrons. The minimum atomic E-state index is 0.294. The maximum Gasteiger partial charge on any atom is 0.0661 e. The normalized spacial score (nSPS) is 12.7. The summed E-state index contributed by atoms with van der Waals surface area (Å²) in [6, 6.07) is 8.66. The molecule has 84 valence electrons. The Kier molecular flexibility index (Phi) is 5.91. The molecule has 0 aliphatic rings. The molecular formula is C12H18BrNO. The smallest absolute Gasteiger partial charge is 0.0661 e. The van der Waals surface area contributed by atoms with E-state index in [4.69, 9.17) is 4.74 Å². The Balaban J connectivity index is 2.65. The van der Waals surface area contributed by atoms with Gasteiger partial charge in [0.25, 0.3) is 0 Å². The van der Waals surface area contributed by atoms with E-state index in [1.54, 1.807) is 0 Å². The number of halogens is 1. The van der Waals surface area contributed by atoms with Crippen LogP contribution >= 0.6 is 15.9 Å². The van der Waals surface area contributed by atoms with Crippen molar-refractivity contribution in [3.63, 3.8) is 0 Å². The van der Waals surface area contributed by atoms with Crippen molar-refractivity contribution in [3.05, 3.63) is 34.3 Å². The maximum absolute atomic E-state index is 5.46. The molecule has 0 fully saturated rings. The highest BCUT2D eigenvalue weighted by molar-refractivity contribution is 9.10. The van der Waals surface area contributed by atoms with Gasteiger partial charge in [-0.2, -0.15) is 0 Å². The van der Waals surface area contributed by atoms with E-state index in [1.165, 1.54) is 5.56 Å². The van der Waals surface area contributed by atoms with E-state index in [1.807, 2.05) is 6.92 Å². The molecule has 1 unspecified atom stereocenters. The van der Waals surface area contributed by atoms with Gasteiger partial charge in [0, 0.05) is 11.1 Å². The van der Waals surface area contributed by atoms with Crippen LogP contribution in [0.25, 0.3) is 0 Å². The number of hydrogen-bond donors (Lipinski definition) is 1. The van der Waals surface area contributed by atoms with Crippen molar-refractivity contribution < 1.29 is 4.74 Å². The van der Waals surface area contributed by atoms with Crippen LogP contribution in [0, 0.1) is 0 Å². The molecule has 0 aromatic heterocycles. The number of rotatable bonds is 6. The second kappa shape index (κ2) is 6.99. The van der Waals surface area contributed by atoms with E-state index in [-0.39, 0.29) is 0 Å². The van der Waals surface area contributed by atoms with Crippen molar-refractivity contribution in [3.8, 4) is 0 Å². The molecule has 0 heterocycles. The molecule has 0 saturated carbocycles. The molecule has 0 amide bonds. The van der Waals surface area contributed by atoms with Crippen LogP contribution in [0.1, 0.15) is 25.5 Å². The number of likely N-dealkylation sites (N-methyl/N-ethyl adjacent to an activating group) is 1. The first-order valence-corrected chi connectivity index (χ1v) is 6.13. The third kappa shape index (κ3) is 4.33. The third-order valence-electron chi connectivity index (χ3n) is 2.21. The Labute approximate surface area is 100 Å². The van der Waals surface area contributed by atoms with Gasteiger partial charge in [-0.3, -0.25) is 0 Å². The van der Waals surface area contributed by atoms with Crippen LogP contribution in [-0.4, -0.2) is 19.8 Å². The molecule has 1 aromatic rings. The fourth-order valence-corrected chi connectivity index (χ4v) is 1.71. The van der Waals surface area contributed by atoms with Crippen molar-refractivity contribution >= 4 is 15.9 Å². The predicted octanol–water partition coefficient (Wildman–Crippen LogP) is 3.14. The second-order valence-corrected chi connectivity index (χ2v) is 4.24. The van der Waals surface area contributed by atoms with Crippen LogP contribution < -0.4 is 5.32 Å². The second-order valence-electron chi connectivity index (χ2n) is 3.32. The SMILES string of the molecule is CCNC(COCC)c1ccc(Br)cc1. The number of benzene rings is 1. The minimum absolute atomic E-state index is 0.294. The summed E-state index contributed by atoms with van der Waals surface area (Å²) < 4.78 is 6.57. The lowest BCUT2D eigenvalue weighted by Gasteiger charge is -2.18. The van der Waals surface area contributed by atoms with E-state index in [0.29, 0.717) is 6.04 Å². The van der Waals surface area contributed by atoms with Crippen LogP contribution in [-0.2, 0) is 4.74 Å². The first kappa shape index (κ1) is 12.7. The fourth-order valence-electron chi connectivity index (χ4n) is 1.45. The largest absolute Gasteiger partial charge is 0.380 e. The monoisotopic (exact) mass is 271 g/mol. The van der Waals surface area contributed by atoms with Crippen LogP contribution in [0.15, 0.2) is 28.7 Å². The summed E-state index contributed by atoms with van der Waals surface area (Å²) in [6.45, 7) is 6.57.